The Hall–Kier alpha value is -2.53. The highest BCUT2D eigenvalue weighted by molar-refractivity contribution is 6.30. The highest BCUT2D eigenvalue weighted by Crippen LogP contribution is 2.17. The minimum absolute atomic E-state index is 0.135. The number of halogens is 1. The molecule has 6 heteroatoms. The van der Waals surface area contributed by atoms with Gasteiger partial charge in [0.1, 0.15) is 17.1 Å². The van der Waals surface area contributed by atoms with Gasteiger partial charge in [0.15, 0.2) is 0 Å². The first-order valence-corrected chi connectivity index (χ1v) is 8.50. The van der Waals surface area contributed by atoms with Crippen LogP contribution in [0.15, 0.2) is 42.6 Å². The lowest BCUT2D eigenvalue weighted by atomic mass is 10.2. The summed E-state index contributed by atoms with van der Waals surface area (Å²) in [6, 6.07) is 11.2. The molecule has 5 nitrogen and oxygen atoms in total. The molecule has 2 aromatic heterocycles. The number of rotatable bonds is 5. The Morgan fingerprint density at radius 1 is 1.24 bits per heavy atom. The Kier molecular flexibility index (Phi) is 4.95. The Bertz CT molecular complexity index is 901. The van der Waals surface area contributed by atoms with Gasteiger partial charge in [-0.3, -0.25) is 9.20 Å². The number of amides is 1. The van der Waals surface area contributed by atoms with Crippen LogP contribution in [0.5, 0.6) is 5.75 Å². The lowest BCUT2D eigenvalue weighted by Crippen LogP contribution is -2.25. The first-order chi connectivity index (χ1) is 11.9. The van der Waals surface area contributed by atoms with Crippen molar-refractivity contribution < 1.29 is 9.53 Å². The number of pyridine rings is 1. The molecule has 3 rings (SSSR count). The van der Waals surface area contributed by atoms with Crippen molar-refractivity contribution in [3.63, 3.8) is 0 Å². The molecule has 0 fully saturated rings. The maximum Gasteiger partial charge on any atom is 0.270 e. The van der Waals surface area contributed by atoms with Crippen LogP contribution in [0.1, 0.15) is 35.6 Å². The third-order valence-corrected chi connectivity index (χ3v) is 3.94. The minimum Gasteiger partial charge on any atom is -0.491 e. The molecule has 25 heavy (non-hydrogen) atoms. The molecule has 0 spiro atoms. The zero-order valence-electron chi connectivity index (χ0n) is 14.4. The van der Waals surface area contributed by atoms with Crippen molar-refractivity contribution in [3.8, 4) is 5.75 Å². The van der Waals surface area contributed by atoms with E-state index in [2.05, 4.69) is 10.3 Å². The molecule has 0 aliphatic heterocycles. The van der Waals surface area contributed by atoms with Crippen LogP contribution in [-0.2, 0) is 6.54 Å². The standard InChI is InChI=1S/C19H20ClN3O2/c1-12(2)25-16-7-4-14(5-8-16)10-21-19(24)18-13(3)22-17-9-6-15(20)11-23(17)18/h4-9,11-12H,10H2,1-3H3,(H,21,24). The number of nitrogens with zero attached hydrogens (tertiary/aromatic N) is 2. The predicted molar refractivity (Wildman–Crippen MR) is 98.3 cm³/mol. The molecule has 130 valence electrons. The summed E-state index contributed by atoms with van der Waals surface area (Å²) in [4.78, 5) is 17.0. The molecule has 2 heterocycles. The van der Waals surface area contributed by atoms with Gasteiger partial charge in [0.05, 0.1) is 16.8 Å². The summed E-state index contributed by atoms with van der Waals surface area (Å²) < 4.78 is 7.33. The summed E-state index contributed by atoms with van der Waals surface area (Å²) in [5.74, 6) is 0.632. The lowest BCUT2D eigenvalue weighted by Gasteiger charge is -2.10. The zero-order valence-corrected chi connectivity index (χ0v) is 15.2. The molecule has 0 radical (unpaired) electrons. The second-order valence-electron chi connectivity index (χ2n) is 6.11. The monoisotopic (exact) mass is 357 g/mol. The predicted octanol–water partition coefficient (Wildman–Crippen LogP) is 4.01. The number of nitrogens with one attached hydrogen (secondary N) is 1. The minimum atomic E-state index is -0.185. The summed E-state index contributed by atoms with van der Waals surface area (Å²) in [5.41, 5.74) is 2.86. The second-order valence-corrected chi connectivity index (χ2v) is 6.55. The van der Waals surface area contributed by atoms with Gasteiger partial charge in [-0.1, -0.05) is 23.7 Å². The second kappa shape index (κ2) is 7.15. The molecule has 0 unspecified atom stereocenters. The average molecular weight is 358 g/mol. The van der Waals surface area contributed by atoms with Gasteiger partial charge in [-0.2, -0.15) is 0 Å². The number of hydrogen-bond acceptors (Lipinski definition) is 3. The van der Waals surface area contributed by atoms with E-state index in [0.29, 0.717) is 28.6 Å². The fourth-order valence-electron chi connectivity index (χ4n) is 2.63. The lowest BCUT2D eigenvalue weighted by molar-refractivity contribution is 0.0944. The molecule has 0 aliphatic rings. The summed E-state index contributed by atoms with van der Waals surface area (Å²) >= 11 is 6.04. The number of fused-ring (bicyclic) bond motifs is 1. The molecule has 1 N–H and O–H groups in total. The van der Waals surface area contributed by atoms with Gasteiger partial charge in [-0.25, -0.2) is 4.98 Å². The van der Waals surface area contributed by atoms with Crippen LogP contribution in [0.4, 0.5) is 0 Å². The first-order valence-electron chi connectivity index (χ1n) is 8.12. The molecule has 3 aromatic rings. The van der Waals surface area contributed by atoms with Crippen molar-refractivity contribution in [3.05, 3.63) is 64.6 Å². The van der Waals surface area contributed by atoms with Gasteiger partial charge < -0.3 is 10.1 Å². The van der Waals surface area contributed by atoms with Crippen molar-refractivity contribution in [2.24, 2.45) is 0 Å². The fraction of sp³-hybridized carbons (Fsp3) is 0.263. The molecule has 0 aliphatic carbocycles. The molecular formula is C19H20ClN3O2. The SMILES string of the molecule is Cc1nc2ccc(Cl)cn2c1C(=O)NCc1ccc(OC(C)C)cc1. The Labute approximate surface area is 151 Å². The van der Waals surface area contributed by atoms with E-state index in [9.17, 15) is 4.79 Å². The Morgan fingerprint density at radius 2 is 1.96 bits per heavy atom. The number of aromatic nitrogens is 2. The largest absolute Gasteiger partial charge is 0.491 e. The number of carbonyl (C=O) groups excluding carboxylic acids is 1. The van der Waals surface area contributed by atoms with Gasteiger partial charge >= 0.3 is 0 Å². The van der Waals surface area contributed by atoms with Gasteiger partial charge in [-0.15, -0.1) is 0 Å². The van der Waals surface area contributed by atoms with Crippen LogP contribution in [0.2, 0.25) is 5.02 Å². The van der Waals surface area contributed by atoms with Gasteiger partial charge in [0.2, 0.25) is 0 Å². The Morgan fingerprint density at radius 3 is 2.64 bits per heavy atom. The van der Waals surface area contributed by atoms with Crippen molar-refractivity contribution in [2.75, 3.05) is 0 Å². The number of benzene rings is 1. The summed E-state index contributed by atoms with van der Waals surface area (Å²) in [6.07, 6.45) is 1.83. The topological polar surface area (TPSA) is 55.6 Å². The van der Waals surface area contributed by atoms with Crippen LogP contribution >= 0.6 is 11.6 Å². The third kappa shape index (κ3) is 3.94. The van der Waals surface area contributed by atoms with E-state index >= 15 is 0 Å². The first kappa shape index (κ1) is 17.3. The van der Waals surface area contributed by atoms with Crippen LogP contribution in [0.25, 0.3) is 5.65 Å². The quantitative estimate of drug-likeness (QED) is 0.750. The van der Waals surface area contributed by atoms with Crippen LogP contribution in [-0.4, -0.2) is 21.4 Å². The van der Waals surface area contributed by atoms with Crippen LogP contribution < -0.4 is 10.1 Å². The summed E-state index contributed by atoms with van der Waals surface area (Å²) in [5, 5.41) is 3.49. The number of carbonyl (C=O) groups is 1. The van der Waals surface area contributed by atoms with E-state index in [-0.39, 0.29) is 12.0 Å². The van der Waals surface area contributed by atoms with Crippen molar-refractivity contribution in [1.82, 2.24) is 14.7 Å². The molecule has 0 bridgehead atoms. The highest BCUT2D eigenvalue weighted by Gasteiger charge is 2.16. The van der Waals surface area contributed by atoms with E-state index in [0.717, 1.165) is 11.3 Å². The average Bonchev–Trinajstić information content (AvgIpc) is 2.88. The van der Waals surface area contributed by atoms with E-state index in [4.69, 9.17) is 16.3 Å². The molecular weight excluding hydrogens is 338 g/mol. The zero-order chi connectivity index (χ0) is 18.0. The van der Waals surface area contributed by atoms with Crippen molar-refractivity contribution in [1.29, 1.82) is 0 Å². The molecule has 0 saturated heterocycles. The molecule has 0 saturated carbocycles. The summed E-state index contributed by atoms with van der Waals surface area (Å²) in [7, 11) is 0. The number of aryl methyl sites for hydroxylation is 1. The third-order valence-electron chi connectivity index (χ3n) is 3.72. The Balaban J connectivity index is 1.73. The van der Waals surface area contributed by atoms with E-state index in [1.165, 1.54) is 0 Å². The number of imidazole rings is 1. The van der Waals surface area contributed by atoms with Crippen LogP contribution in [0, 0.1) is 6.92 Å². The van der Waals surface area contributed by atoms with Crippen LogP contribution in [0.3, 0.4) is 0 Å². The van der Waals surface area contributed by atoms with E-state index in [1.54, 1.807) is 22.7 Å². The number of hydrogen-bond donors (Lipinski definition) is 1. The number of ether oxygens (including phenoxy) is 1. The maximum atomic E-state index is 12.6. The van der Waals surface area contributed by atoms with Crippen molar-refractivity contribution in [2.45, 2.75) is 33.4 Å². The highest BCUT2D eigenvalue weighted by atomic mass is 35.5. The van der Waals surface area contributed by atoms with Crippen molar-refractivity contribution >= 4 is 23.2 Å². The molecule has 1 amide bonds. The van der Waals surface area contributed by atoms with Gasteiger partial charge in [0.25, 0.3) is 5.91 Å². The molecule has 1 aromatic carbocycles. The van der Waals surface area contributed by atoms with Gasteiger partial charge in [0, 0.05) is 12.7 Å². The maximum absolute atomic E-state index is 12.6. The van der Waals surface area contributed by atoms with E-state index in [1.807, 2.05) is 45.0 Å². The summed E-state index contributed by atoms with van der Waals surface area (Å²) in [6.45, 7) is 6.21. The smallest absolute Gasteiger partial charge is 0.270 e. The normalized spacial score (nSPS) is 11.1. The van der Waals surface area contributed by atoms with E-state index < -0.39 is 0 Å². The molecule has 0 atom stereocenters. The fourth-order valence-corrected chi connectivity index (χ4v) is 2.79. The van der Waals surface area contributed by atoms with Gasteiger partial charge in [-0.05, 0) is 50.6 Å².